The van der Waals surface area contributed by atoms with Crippen LogP contribution in [-0.4, -0.2) is 11.1 Å². The fraction of sp³-hybridized carbons (Fsp3) is 0.583. The van der Waals surface area contributed by atoms with Gasteiger partial charge in [-0.05, 0) is 18.5 Å². The largest absolute Gasteiger partial charge is 0.315 e. The zero-order chi connectivity index (χ0) is 11.4. The van der Waals surface area contributed by atoms with Crippen LogP contribution in [0.4, 0.5) is 0 Å². The van der Waals surface area contributed by atoms with Crippen LogP contribution in [0.2, 0.25) is 0 Å². The van der Waals surface area contributed by atoms with Crippen LogP contribution in [0, 0.1) is 0 Å². The average molecular weight is 208 g/mol. The summed E-state index contributed by atoms with van der Waals surface area (Å²) in [6, 6.07) is 3.97. The summed E-state index contributed by atoms with van der Waals surface area (Å²) >= 11 is 0. The molecule has 3 nitrogen and oxygen atoms in total. The number of nitrogens with zero attached hydrogens (tertiary/aromatic N) is 1. The Morgan fingerprint density at radius 1 is 1.40 bits per heavy atom. The van der Waals surface area contributed by atoms with E-state index in [-0.39, 0.29) is 5.56 Å². The summed E-state index contributed by atoms with van der Waals surface area (Å²) in [5.74, 6) is 0.385. The van der Waals surface area contributed by atoms with Crippen LogP contribution >= 0.6 is 0 Å². The summed E-state index contributed by atoms with van der Waals surface area (Å²) in [5, 5.41) is 3.17. The second kappa shape index (κ2) is 5.12. The molecule has 0 fully saturated rings. The van der Waals surface area contributed by atoms with Crippen molar-refractivity contribution in [3.05, 3.63) is 33.7 Å². The van der Waals surface area contributed by atoms with Crippen molar-refractivity contribution in [2.24, 2.45) is 7.05 Å². The lowest BCUT2D eigenvalue weighted by molar-refractivity contribution is 0.671. The highest BCUT2D eigenvalue weighted by molar-refractivity contribution is 5.18. The van der Waals surface area contributed by atoms with Gasteiger partial charge in [0.25, 0.3) is 5.56 Å². The third-order valence-corrected chi connectivity index (χ3v) is 2.58. The maximum atomic E-state index is 11.9. The van der Waals surface area contributed by atoms with E-state index in [2.05, 4.69) is 19.2 Å². The number of aromatic nitrogens is 1. The zero-order valence-electron chi connectivity index (χ0n) is 10.0. The smallest absolute Gasteiger partial charge is 0.254 e. The van der Waals surface area contributed by atoms with Crippen LogP contribution in [0.3, 0.4) is 0 Å². The molecule has 0 aliphatic rings. The molecule has 1 aromatic rings. The van der Waals surface area contributed by atoms with E-state index in [0.29, 0.717) is 12.5 Å². The van der Waals surface area contributed by atoms with Gasteiger partial charge in [-0.1, -0.05) is 26.8 Å². The van der Waals surface area contributed by atoms with Gasteiger partial charge >= 0.3 is 0 Å². The third-order valence-electron chi connectivity index (χ3n) is 2.58. The Morgan fingerprint density at radius 2 is 2.07 bits per heavy atom. The van der Waals surface area contributed by atoms with Gasteiger partial charge in [-0.15, -0.1) is 0 Å². The molecule has 1 rings (SSSR count). The molecule has 0 radical (unpaired) electrons. The molecule has 84 valence electrons. The minimum atomic E-state index is 0.113. The normalized spacial score (nSPS) is 11.0. The van der Waals surface area contributed by atoms with Gasteiger partial charge in [-0.2, -0.15) is 0 Å². The molecule has 0 aromatic carbocycles. The van der Waals surface area contributed by atoms with E-state index in [1.807, 2.05) is 26.1 Å². The van der Waals surface area contributed by atoms with Gasteiger partial charge in [0.15, 0.2) is 0 Å². The van der Waals surface area contributed by atoms with Crippen LogP contribution in [0.5, 0.6) is 0 Å². The third kappa shape index (κ3) is 2.69. The summed E-state index contributed by atoms with van der Waals surface area (Å²) in [6.45, 7) is 7.76. The van der Waals surface area contributed by atoms with E-state index in [1.165, 1.54) is 0 Å². The lowest BCUT2D eigenvalue weighted by atomic mass is 10.1. The van der Waals surface area contributed by atoms with Crippen molar-refractivity contribution in [2.75, 3.05) is 6.54 Å². The number of hydrogen-bond acceptors (Lipinski definition) is 2. The van der Waals surface area contributed by atoms with Crippen molar-refractivity contribution < 1.29 is 0 Å². The van der Waals surface area contributed by atoms with Crippen molar-refractivity contribution in [3.8, 4) is 0 Å². The standard InChI is InChI=1S/C12H20N2O/c1-5-13-8-10-6-7-11(9(2)3)14(4)12(10)15/h6-7,9,13H,5,8H2,1-4H3. The van der Waals surface area contributed by atoms with Gasteiger partial charge in [0, 0.05) is 24.8 Å². The van der Waals surface area contributed by atoms with Gasteiger partial charge in [0.2, 0.25) is 0 Å². The molecule has 15 heavy (non-hydrogen) atoms. The van der Waals surface area contributed by atoms with E-state index in [0.717, 1.165) is 17.8 Å². The second-order valence-electron chi connectivity index (χ2n) is 4.08. The second-order valence-corrected chi connectivity index (χ2v) is 4.08. The Labute approximate surface area is 91.1 Å². The SMILES string of the molecule is CCNCc1ccc(C(C)C)n(C)c1=O. The maximum absolute atomic E-state index is 11.9. The predicted octanol–water partition coefficient (Wildman–Crippen LogP) is 1.62. The first-order valence-corrected chi connectivity index (χ1v) is 5.47. The summed E-state index contributed by atoms with van der Waals surface area (Å²) in [7, 11) is 1.84. The van der Waals surface area contributed by atoms with Crippen molar-refractivity contribution in [1.29, 1.82) is 0 Å². The molecule has 3 heteroatoms. The van der Waals surface area contributed by atoms with Crippen LogP contribution in [0.25, 0.3) is 0 Å². The topological polar surface area (TPSA) is 34.0 Å². The molecule has 0 aliphatic carbocycles. The van der Waals surface area contributed by atoms with Gasteiger partial charge in [0.1, 0.15) is 0 Å². The molecule has 0 aliphatic heterocycles. The van der Waals surface area contributed by atoms with Crippen LogP contribution in [0.1, 0.15) is 37.9 Å². The molecule has 0 bridgehead atoms. The lowest BCUT2D eigenvalue weighted by Crippen LogP contribution is -2.27. The van der Waals surface area contributed by atoms with Gasteiger partial charge in [0.05, 0.1) is 0 Å². The monoisotopic (exact) mass is 208 g/mol. The van der Waals surface area contributed by atoms with Crippen molar-refractivity contribution in [2.45, 2.75) is 33.2 Å². The summed E-state index contributed by atoms with van der Waals surface area (Å²) in [5.41, 5.74) is 2.03. The van der Waals surface area contributed by atoms with E-state index >= 15 is 0 Å². The highest BCUT2D eigenvalue weighted by Crippen LogP contribution is 2.11. The molecule has 1 N–H and O–H groups in total. The first-order chi connectivity index (χ1) is 7.07. The summed E-state index contributed by atoms with van der Waals surface area (Å²) < 4.78 is 1.75. The van der Waals surface area contributed by atoms with Gasteiger partial charge < -0.3 is 9.88 Å². The number of hydrogen-bond donors (Lipinski definition) is 1. The van der Waals surface area contributed by atoms with Crippen LogP contribution in [-0.2, 0) is 13.6 Å². The number of nitrogens with one attached hydrogen (secondary N) is 1. The van der Waals surface area contributed by atoms with Crippen LogP contribution < -0.4 is 10.9 Å². The predicted molar refractivity (Wildman–Crippen MR) is 63.2 cm³/mol. The van der Waals surface area contributed by atoms with Gasteiger partial charge in [-0.25, -0.2) is 0 Å². The minimum Gasteiger partial charge on any atom is -0.315 e. The van der Waals surface area contributed by atoms with Crippen LogP contribution in [0.15, 0.2) is 16.9 Å². The molecule has 0 saturated heterocycles. The Kier molecular flexibility index (Phi) is 4.09. The molecule has 0 spiro atoms. The van der Waals surface area contributed by atoms with E-state index in [1.54, 1.807) is 4.57 Å². The molecule has 0 atom stereocenters. The molecule has 1 heterocycles. The minimum absolute atomic E-state index is 0.113. The molecule has 1 aromatic heterocycles. The Balaban J connectivity index is 3.05. The quantitative estimate of drug-likeness (QED) is 0.815. The number of pyridine rings is 1. The first kappa shape index (κ1) is 12.0. The molecule has 0 saturated carbocycles. The molecular weight excluding hydrogens is 188 g/mol. The molecular formula is C12H20N2O. The highest BCUT2D eigenvalue weighted by Gasteiger charge is 2.07. The van der Waals surface area contributed by atoms with E-state index in [9.17, 15) is 4.79 Å². The van der Waals surface area contributed by atoms with Crippen molar-refractivity contribution in [3.63, 3.8) is 0 Å². The molecule has 0 amide bonds. The highest BCUT2D eigenvalue weighted by atomic mass is 16.1. The average Bonchev–Trinajstić information content (AvgIpc) is 2.20. The Morgan fingerprint density at radius 3 is 2.60 bits per heavy atom. The fourth-order valence-corrected chi connectivity index (χ4v) is 1.68. The lowest BCUT2D eigenvalue weighted by Gasteiger charge is -2.13. The summed E-state index contributed by atoms with van der Waals surface area (Å²) in [6.07, 6.45) is 0. The first-order valence-electron chi connectivity index (χ1n) is 5.47. The zero-order valence-corrected chi connectivity index (χ0v) is 10.0. The van der Waals surface area contributed by atoms with E-state index in [4.69, 9.17) is 0 Å². The summed E-state index contributed by atoms with van der Waals surface area (Å²) in [4.78, 5) is 11.9. The van der Waals surface area contributed by atoms with E-state index < -0.39 is 0 Å². The van der Waals surface area contributed by atoms with Gasteiger partial charge in [-0.3, -0.25) is 4.79 Å². The Hall–Kier alpha value is -1.09. The molecule has 0 unspecified atom stereocenters. The fourth-order valence-electron chi connectivity index (χ4n) is 1.68. The van der Waals surface area contributed by atoms with Crippen molar-refractivity contribution >= 4 is 0 Å². The van der Waals surface area contributed by atoms with Crippen molar-refractivity contribution in [1.82, 2.24) is 9.88 Å². The Bertz CT molecular complexity index is 380. The maximum Gasteiger partial charge on any atom is 0.254 e. The number of rotatable bonds is 4.